The van der Waals surface area contributed by atoms with Crippen molar-refractivity contribution in [1.29, 1.82) is 0 Å². The second-order valence-electron chi connectivity index (χ2n) is 15.4. The number of fused-ring (bicyclic) bond motifs is 1. The molecule has 2 aromatic heterocycles. The molecule has 63 heavy (non-hydrogen) atoms. The third-order valence-corrected chi connectivity index (χ3v) is 11.2. The molecule has 0 aliphatic carbocycles. The first-order chi connectivity index (χ1) is 30.6. The van der Waals surface area contributed by atoms with E-state index in [1.807, 2.05) is 72.5 Å². The smallest absolute Gasteiger partial charge is 0.264 e. The van der Waals surface area contributed by atoms with Crippen LogP contribution in [0.4, 0.5) is 23.0 Å². The number of aryl methyl sites for hydroxylation is 1. The Balaban J connectivity index is 0.739. The van der Waals surface area contributed by atoms with E-state index in [1.165, 1.54) is 0 Å². The highest BCUT2D eigenvalue weighted by atomic mass is 16.5. The number of amides is 6. The number of hydrogen-bond acceptors (Lipinski definition) is 13. The average Bonchev–Trinajstić information content (AvgIpc) is 3.55. The van der Waals surface area contributed by atoms with E-state index in [0.717, 1.165) is 33.0 Å². The van der Waals surface area contributed by atoms with Crippen molar-refractivity contribution >= 4 is 58.5 Å². The molecule has 17 heteroatoms. The zero-order valence-electron chi connectivity index (χ0n) is 34.6. The standard InChI is InChI=1S/C46H46N10O7/c1-29-7-12-33(26-37(29)52-46-49-18-15-35(51-46)32-4-3-17-47-27-32)50-42(59)31-10-8-30(9-11-31)28-54-20-22-55(23-21-54)40(58)16-24-63-25-19-48-36-6-2-5-34-41(36)45(62)56(44(34)61)38-13-14-39(57)53-43(38)60/h2-12,15,17-18,26-27,38,48H,13-14,16,19-25,28H2,1H3,(H,50,59)(H,49,51,52)(H,53,57,60). The number of rotatable bonds is 15. The van der Waals surface area contributed by atoms with Crippen LogP contribution >= 0.6 is 0 Å². The molecule has 6 amide bonds. The number of aromatic nitrogens is 3. The lowest BCUT2D eigenvalue weighted by atomic mass is 10.0. The van der Waals surface area contributed by atoms with Crippen LogP contribution in [0.1, 0.15) is 61.5 Å². The maximum atomic E-state index is 13.3. The molecule has 1 atom stereocenters. The zero-order valence-corrected chi connectivity index (χ0v) is 34.6. The van der Waals surface area contributed by atoms with Gasteiger partial charge in [0, 0.05) is 92.5 Å². The Hall–Kier alpha value is -7.37. The van der Waals surface area contributed by atoms with Crippen LogP contribution in [-0.2, 0) is 25.7 Å². The summed E-state index contributed by atoms with van der Waals surface area (Å²) in [4.78, 5) is 94.8. The normalized spacial score (nSPS) is 16.4. The van der Waals surface area contributed by atoms with Crippen molar-refractivity contribution in [3.8, 4) is 11.3 Å². The molecular weight excluding hydrogens is 805 g/mol. The van der Waals surface area contributed by atoms with Crippen molar-refractivity contribution in [3.05, 3.63) is 125 Å². The largest absolute Gasteiger partial charge is 0.382 e. The first-order valence-electron chi connectivity index (χ1n) is 20.8. The summed E-state index contributed by atoms with van der Waals surface area (Å²) in [5.41, 5.74) is 6.39. The quantitative estimate of drug-likeness (QED) is 0.0852. The average molecular weight is 851 g/mol. The lowest BCUT2D eigenvalue weighted by Gasteiger charge is -2.34. The summed E-state index contributed by atoms with van der Waals surface area (Å²) in [5.74, 6) is -2.04. The summed E-state index contributed by atoms with van der Waals surface area (Å²) in [7, 11) is 0. The Morgan fingerprint density at radius 1 is 0.873 bits per heavy atom. The molecule has 1 unspecified atom stereocenters. The summed E-state index contributed by atoms with van der Waals surface area (Å²) >= 11 is 0. The van der Waals surface area contributed by atoms with E-state index in [1.54, 1.807) is 36.8 Å². The third-order valence-electron chi connectivity index (χ3n) is 11.2. The molecule has 3 aliphatic heterocycles. The SMILES string of the molecule is Cc1ccc(NC(=O)c2ccc(CN3CCN(C(=O)CCOCCNc4cccc5c4C(=O)N(C4CCC(=O)NC4=O)C5=O)CC3)cc2)cc1Nc1nccc(-c2cccnc2)n1. The number of imide groups is 2. The summed E-state index contributed by atoms with van der Waals surface area (Å²) in [6.07, 6.45) is 5.50. The van der Waals surface area contributed by atoms with E-state index in [-0.39, 0.29) is 55.4 Å². The maximum absolute atomic E-state index is 13.3. The van der Waals surface area contributed by atoms with Gasteiger partial charge in [-0.15, -0.1) is 0 Å². The lowest BCUT2D eigenvalue weighted by Crippen LogP contribution is -2.54. The second kappa shape index (κ2) is 19.1. The zero-order chi connectivity index (χ0) is 43.9. The van der Waals surface area contributed by atoms with E-state index in [9.17, 15) is 28.8 Å². The molecule has 0 saturated carbocycles. The Labute approximate surface area is 363 Å². The fourth-order valence-corrected chi connectivity index (χ4v) is 7.77. The van der Waals surface area contributed by atoms with E-state index in [0.29, 0.717) is 62.2 Å². The minimum atomic E-state index is -1.04. The van der Waals surface area contributed by atoms with Crippen LogP contribution in [0.3, 0.4) is 0 Å². The van der Waals surface area contributed by atoms with Crippen LogP contribution in [0.5, 0.6) is 0 Å². The van der Waals surface area contributed by atoms with Crippen molar-refractivity contribution < 1.29 is 33.5 Å². The number of carbonyl (C=O) groups is 6. The fourth-order valence-electron chi connectivity index (χ4n) is 7.77. The molecule has 3 aromatic carbocycles. The van der Waals surface area contributed by atoms with Gasteiger partial charge in [-0.25, -0.2) is 9.97 Å². The molecule has 2 saturated heterocycles. The Morgan fingerprint density at radius 3 is 2.48 bits per heavy atom. The number of hydrogen-bond donors (Lipinski definition) is 4. The molecule has 5 aromatic rings. The molecule has 322 valence electrons. The van der Waals surface area contributed by atoms with Crippen molar-refractivity contribution in [3.63, 3.8) is 0 Å². The molecule has 2 fully saturated rings. The first kappa shape index (κ1) is 42.3. The van der Waals surface area contributed by atoms with Gasteiger partial charge in [-0.2, -0.15) is 0 Å². The molecule has 17 nitrogen and oxygen atoms in total. The van der Waals surface area contributed by atoms with Crippen molar-refractivity contribution in [2.24, 2.45) is 0 Å². The van der Waals surface area contributed by atoms with Crippen LogP contribution in [0.15, 0.2) is 97.5 Å². The van der Waals surface area contributed by atoms with E-state index in [4.69, 9.17) is 4.74 Å². The summed E-state index contributed by atoms with van der Waals surface area (Å²) in [5, 5.41) is 11.6. The number of carbonyl (C=O) groups excluding carboxylic acids is 6. The van der Waals surface area contributed by atoms with Gasteiger partial charge in [0.15, 0.2) is 0 Å². The minimum absolute atomic E-state index is 0.0105. The van der Waals surface area contributed by atoms with Gasteiger partial charge in [0.2, 0.25) is 23.7 Å². The molecular formula is C46H46N10O7. The number of ether oxygens (including phenoxy) is 1. The van der Waals surface area contributed by atoms with Crippen LogP contribution in [0, 0.1) is 6.92 Å². The predicted octanol–water partition coefficient (Wildman–Crippen LogP) is 4.41. The number of anilines is 4. The van der Waals surface area contributed by atoms with Crippen molar-refractivity contribution in [2.75, 3.05) is 61.9 Å². The molecule has 4 N–H and O–H groups in total. The van der Waals surface area contributed by atoms with Gasteiger partial charge in [0.1, 0.15) is 6.04 Å². The monoisotopic (exact) mass is 850 g/mol. The van der Waals surface area contributed by atoms with Crippen molar-refractivity contribution in [1.82, 2.24) is 35.0 Å². The summed E-state index contributed by atoms with van der Waals surface area (Å²) in [6, 6.07) is 22.6. The van der Waals surface area contributed by atoms with Gasteiger partial charge in [-0.1, -0.05) is 24.3 Å². The van der Waals surface area contributed by atoms with Gasteiger partial charge in [0.05, 0.1) is 36.5 Å². The predicted molar refractivity (Wildman–Crippen MR) is 233 cm³/mol. The highest BCUT2D eigenvalue weighted by Crippen LogP contribution is 2.32. The van der Waals surface area contributed by atoms with Crippen LogP contribution < -0.4 is 21.3 Å². The van der Waals surface area contributed by atoms with Gasteiger partial charge in [-0.05, 0) is 79.1 Å². The lowest BCUT2D eigenvalue weighted by molar-refractivity contribution is -0.136. The number of nitrogens with one attached hydrogen (secondary N) is 4. The number of piperidine rings is 1. The Kier molecular flexibility index (Phi) is 12.9. The number of benzene rings is 3. The van der Waals surface area contributed by atoms with Gasteiger partial charge in [0.25, 0.3) is 17.7 Å². The molecule has 0 bridgehead atoms. The summed E-state index contributed by atoms with van der Waals surface area (Å²) < 4.78 is 5.73. The van der Waals surface area contributed by atoms with Crippen LogP contribution in [0.2, 0.25) is 0 Å². The number of piperazine rings is 1. The molecule has 5 heterocycles. The van der Waals surface area contributed by atoms with E-state index < -0.39 is 29.7 Å². The molecule has 3 aliphatic rings. The molecule has 0 spiro atoms. The van der Waals surface area contributed by atoms with Gasteiger partial charge >= 0.3 is 0 Å². The number of pyridine rings is 1. The van der Waals surface area contributed by atoms with Crippen LogP contribution in [-0.4, -0.2) is 117 Å². The minimum Gasteiger partial charge on any atom is -0.382 e. The first-order valence-corrected chi connectivity index (χ1v) is 20.8. The molecule has 0 radical (unpaired) electrons. The third kappa shape index (κ3) is 9.90. The number of nitrogens with zero attached hydrogens (tertiary/aromatic N) is 6. The van der Waals surface area contributed by atoms with E-state index >= 15 is 0 Å². The topological polar surface area (TPSA) is 208 Å². The van der Waals surface area contributed by atoms with E-state index in [2.05, 4.69) is 41.1 Å². The molecule has 8 rings (SSSR count). The van der Waals surface area contributed by atoms with Gasteiger partial charge < -0.3 is 25.6 Å². The highest BCUT2D eigenvalue weighted by molar-refractivity contribution is 6.25. The Morgan fingerprint density at radius 2 is 1.70 bits per heavy atom. The second-order valence-corrected chi connectivity index (χ2v) is 15.4. The summed E-state index contributed by atoms with van der Waals surface area (Å²) in [6.45, 7) is 6.08. The highest BCUT2D eigenvalue weighted by Gasteiger charge is 2.45. The van der Waals surface area contributed by atoms with Crippen molar-refractivity contribution in [2.45, 2.75) is 38.8 Å². The fraction of sp³-hybridized carbons (Fsp3) is 0.283. The Bertz CT molecular complexity index is 2550. The van der Waals surface area contributed by atoms with Crippen LogP contribution in [0.25, 0.3) is 11.3 Å². The maximum Gasteiger partial charge on any atom is 0.264 e. The van der Waals surface area contributed by atoms with Gasteiger partial charge in [-0.3, -0.25) is 48.9 Å².